The molecule has 0 radical (unpaired) electrons. The quantitative estimate of drug-likeness (QED) is 0.608. The number of H-pyrrole nitrogens is 1. The Morgan fingerprint density at radius 1 is 1.11 bits per heavy atom. The third kappa shape index (κ3) is 3.23. The summed E-state index contributed by atoms with van der Waals surface area (Å²) in [7, 11) is 0. The van der Waals surface area contributed by atoms with Crippen molar-refractivity contribution in [3.63, 3.8) is 0 Å². The average molecular weight is 369 g/mol. The molecule has 28 heavy (non-hydrogen) atoms. The molecule has 5 heteroatoms. The summed E-state index contributed by atoms with van der Waals surface area (Å²) in [5.74, 6) is 6.99. The van der Waals surface area contributed by atoms with Gasteiger partial charge >= 0.3 is 0 Å². The first kappa shape index (κ1) is 16.9. The van der Waals surface area contributed by atoms with Crippen LogP contribution < -0.4 is 10.6 Å². The minimum absolute atomic E-state index is 0.409. The Kier molecular flexibility index (Phi) is 4.27. The highest BCUT2D eigenvalue weighted by Gasteiger charge is 2.30. The second kappa shape index (κ2) is 7.06. The highest BCUT2D eigenvalue weighted by molar-refractivity contribution is 5.87. The molecule has 0 aliphatic carbocycles. The van der Waals surface area contributed by atoms with Crippen molar-refractivity contribution in [2.24, 2.45) is 5.92 Å². The number of nitrogens with zero attached hydrogens (tertiary/aromatic N) is 2. The van der Waals surface area contributed by atoms with Crippen LogP contribution in [0.15, 0.2) is 55.1 Å². The molecule has 1 saturated heterocycles. The molecule has 3 heterocycles. The van der Waals surface area contributed by atoms with Gasteiger partial charge in [0.2, 0.25) is 0 Å². The first-order chi connectivity index (χ1) is 13.8. The summed E-state index contributed by atoms with van der Waals surface area (Å²) in [4.78, 5) is 9.50. The Bertz CT molecular complexity index is 1090. The second-order valence-corrected chi connectivity index (χ2v) is 7.61. The van der Waals surface area contributed by atoms with Gasteiger partial charge in [0, 0.05) is 23.5 Å². The summed E-state index contributed by atoms with van der Waals surface area (Å²) in [5.41, 5.74) is 4.26. The number of nitrogens with one attached hydrogen (secondary N) is 3. The maximum absolute atomic E-state index is 4.14. The fraction of sp³-hybridized carbons (Fsp3) is 0.261. The maximum atomic E-state index is 4.14. The lowest BCUT2D eigenvalue weighted by Crippen LogP contribution is -2.40. The van der Waals surface area contributed by atoms with E-state index < -0.39 is 0 Å². The first-order valence-corrected chi connectivity index (χ1v) is 9.75. The minimum atomic E-state index is 0.409. The average Bonchev–Trinajstić information content (AvgIpc) is 3.47. The number of benzene rings is 2. The van der Waals surface area contributed by atoms with Crippen LogP contribution in [0.25, 0.3) is 16.5 Å². The Hall–Kier alpha value is -3.23. The van der Waals surface area contributed by atoms with Crippen LogP contribution in [0.5, 0.6) is 0 Å². The number of hydrogen-bond acceptors (Lipinski definition) is 4. The molecule has 5 rings (SSSR count). The van der Waals surface area contributed by atoms with Gasteiger partial charge in [-0.05, 0) is 53.8 Å². The van der Waals surface area contributed by atoms with E-state index in [-0.39, 0.29) is 0 Å². The van der Waals surface area contributed by atoms with E-state index in [2.05, 4.69) is 86.9 Å². The van der Waals surface area contributed by atoms with Crippen molar-refractivity contribution >= 4 is 16.5 Å². The van der Waals surface area contributed by atoms with Crippen LogP contribution >= 0.6 is 0 Å². The van der Waals surface area contributed by atoms with Crippen molar-refractivity contribution in [3.05, 3.63) is 71.9 Å². The Morgan fingerprint density at radius 3 is 2.82 bits per heavy atom. The fourth-order valence-electron chi connectivity index (χ4n) is 4.01. The van der Waals surface area contributed by atoms with Gasteiger partial charge in [0.1, 0.15) is 5.69 Å². The van der Waals surface area contributed by atoms with Crippen LogP contribution in [0.4, 0.5) is 0 Å². The summed E-state index contributed by atoms with van der Waals surface area (Å²) in [6.45, 7) is 4.26. The topological polar surface area (TPSA) is 56.0 Å². The molecule has 3 aromatic rings. The van der Waals surface area contributed by atoms with E-state index in [0.717, 1.165) is 30.4 Å². The number of aromatic nitrogens is 2. The summed E-state index contributed by atoms with van der Waals surface area (Å²) in [6, 6.07) is 13.0. The smallest absolute Gasteiger partial charge is 0.131 e. The molecule has 140 valence electrons. The third-order valence-corrected chi connectivity index (χ3v) is 5.48. The van der Waals surface area contributed by atoms with Crippen molar-refractivity contribution in [2.75, 3.05) is 13.2 Å². The fourth-order valence-corrected chi connectivity index (χ4v) is 4.01. The first-order valence-electron chi connectivity index (χ1n) is 9.75. The lowest BCUT2D eigenvalue weighted by atomic mass is 10.0. The molecule has 1 fully saturated rings. The predicted octanol–water partition coefficient (Wildman–Crippen LogP) is 3.08. The molecule has 2 aromatic carbocycles. The van der Waals surface area contributed by atoms with Crippen LogP contribution in [0, 0.1) is 17.8 Å². The van der Waals surface area contributed by atoms with E-state index in [4.69, 9.17) is 0 Å². The van der Waals surface area contributed by atoms with Crippen LogP contribution in [-0.4, -0.2) is 34.2 Å². The highest BCUT2D eigenvalue weighted by Crippen LogP contribution is 2.30. The van der Waals surface area contributed by atoms with Crippen LogP contribution in [0.1, 0.15) is 30.2 Å². The van der Waals surface area contributed by atoms with Crippen molar-refractivity contribution in [3.8, 4) is 11.8 Å². The molecule has 0 spiro atoms. The zero-order valence-corrected chi connectivity index (χ0v) is 15.9. The van der Waals surface area contributed by atoms with E-state index >= 15 is 0 Å². The second-order valence-electron chi connectivity index (χ2n) is 7.61. The minimum Gasteiger partial charge on any atom is -0.372 e. The van der Waals surface area contributed by atoms with Crippen molar-refractivity contribution < 1.29 is 0 Å². The molecule has 1 unspecified atom stereocenters. The normalized spacial score (nSPS) is 21.3. The number of rotatable bonds is 2. The highest BCUT2D eigenvalue weighted by atomic mass is 15.4. The van der Waals surface area contributed by atoms with E-state index in [0.29, 0.717) is 6.17 Å². The SMILES string of the molecule is C[C@@H]1CNC(N2CNC=C2c2ccc3cc(C#Cc4c[nH]cn4)ccc3c2)C1. The molecule has 2 atom stereocenters. The van der Waals surface area contributed by atoms with Crippen LogP contribution in [0.2, 0.25) is 0 Å². The summed E-state index contributed by atoms with van der Waals surface area (Å²) in [6.07, 6.45) is 7.17. The van der Waals surface area contributed by atoms with Crippen molar-refractivity contribution in [1.82, 2.24) is 25.5 Å². The molecule has 2 aliphatic rings. The van der Waals surface area contributed by atoms with Crippen LogP contribution in [-0.2, 0) is 0 Å². The predicted molar refractivity (Wildman–Crippen MR) is 112 cm³/mol. The van der Waals surface area contributed by atoms with Crippen LogP contribution in [0.3, 0.4) is 0 Å². The van der Waals surface area contributed by atoms with Gasteiger partial charge in [-0.1, -0.05) is 31.0 Å². The summed E-state index contributed by atoms with van der Waals surface area (Å²) < 4.78 is 0. The van der Waals surface area contributed by atoms with Crippen molar-refractivity contribution in [1.29, 1.82) is 0 Å². The van der Waals surface area contributed by atoms with Gasteiger partial charge in [-0.15, -0.1) is 0 Å². The molecule has 0 bridgehead atoms. The Morgan fingerprint density at radius 2 is 2.00 bits per heavy atom. The zero-order valence-electron chi connectivity index (χ0n) is 15.9. The van der Waals surface area contributed by atoms with E-state index in [1.165, 1.54) is 28.5 Å². The largest absolute Gasteiger partial charge is 0.372 e. The molecular formula is C23H23N5. The molecule has 1 aromatic heterocycles. The van der Waals surface area contributed by atoms with Gasteiger partial charge < -0.3 is 15.2 Å². The Labute approximate surface area is 164 Å². The molecule has 0 amide bonds. The number of imidazole rings is 1. The molecule has 2 aliphatic heterocycles. The van der Waals surface area contributed by atoms with Gasteiger partial charge in [0.25, 0.3) is 0 Å². The summed E-state index contributed by atoms with van der Waals surface area (Å²) >= 11 is 0. The lowest BCUT2D eigenvalue weighted by Gasteiger charge is -2.28. The van der Waals surface area contributed by atoms with Gasteiger partial charge in [0.05, 0.1) is 24.9 Å². The molecule has 0 saturated carbocycles. The van der Waals surface area contributed by atoms with Gasteiger partial charge in [0.15, 0.2) is 0 Å². The van der Waals surface area contributed by atoms with E-state index in [9.17, 15) is 0 Å². The number of hydrogen-bond donors (Lipinski definition) is 3. The monoisotopic (exact) mass is 369 g/mol. The standard InChI is InChI=1S/C23H23N5/c1-16-8-23(26-11-16)28-15-25-13-22(28)20-6-5-18-9-17(2-4-19(18)10-20)3-7-21-12-24-14-27-21/h2,4-6,9-10,12-14,16,23,25-26H,8,11,15H2,1H3,(H,24,27)/t16-,23?/m0/s1. The number of aromatic amines is 1. The third-order valence-electron chi connectivity index (χ3n) is 5.48. The lowest BCUT2D eigenvalue weighted by molar-refractivity contribution is 0.278. The molecular weight excluding hydrogens is 346 g/mol. The van der Waals surface area contributed by atoms with E-state index in [1.807, 2.05) is 0 Å². The number of fused-ring (bicyclic) bond motifs is 1. The van der Waals surface area contributed by atoms with Gasteiger partial charge in [-0.2, -0.15) is 0 Å². The van der Waals surface area contributed by atoms with Gasteiger partial charge in [-0.3, -0.25) is 5.32 Å². The summed E-state index contributed by atoms with van der Waals surface area (Å²) in [5, 5.41) is 9.46. The Balaban J connectivity index is 1.41. The van der Waals surface area contributed by atoms with Crippen molar-refractivity contribution in [2.45, 2.75) is 19.5 Å². The molecule has 3 N–H and O–H groups in total. The maximum Gasteiger partial charge on any atom is 0.131 e. The molecule has 5 nitrogen and oxygen atoms in total. The zero-order chi connectivity index (χ0) is 18.9. The van der Waals surface area contributed by atoms with Gasteiger partial charge in [-0.25, -0.2) is 4.98 Å². The van der Waals surface area contributed by atoms with E-state index in [1.54, 1.807) is 12.5 Å².